The first-order chi connectivity index (χ1) is 11.5. The first-order valence-corrected chi connectivity index (χ1v) is 7.55. The molecule has 0 atom stereocenters. The molecular formula is C16H22N2O6. The van der Waals surface area contributed by atoms with Crippen molar-refractivity contribution < 1.29 is 24.0 Å². The number of methoxy groups -OCH3 is 2. The zero-order chi connectivity index (χ0) is 17.9. The van der Waals surface area contributed by atoms with Crippen LogP contribution in [-0.4, -0.2) is 55.6 Å². The zero-order valence-electron chi connectivity index (χ0n) is 13.9. The van der Waals surface area contributed by atoms with Crippen LogP contribution in [0.3, 0.4) is 0 Å². The molecule has 1 aromatic rings. The number of para-hydroxylation sites is 1. The minimum absolute atomic E-state index is 0.0755. The van der Waals surface area contributed by atoms with Gasteiger partial charge in [-0.2, -0.15) is 0 Å². The number of nitrogens with zero attached hydrogens (tertiary/aromatic N) is 2. The van der Waals surface area contributed by atoms with Crippen molar-refractivity contribution in [2.45, 2.75) is 19.3 Å². The Bertz CT molecular complexity index is 575. The number of hydrogen-bond donors (Lipinski definition) is 0. The molecule has 8 heteroatoms. The predicted octanol–water partition coefficient (Wildman–Crippen LogP) is 1.57. The average Bonchev–Trinajstić information content (AvgIpc) is 2.57. The maximum Gasteiger partial charge on any atom is 0.307 e. The Morgan fingerprint density at radius 1 is 1.21 bits per heavy atom. The molecule has 132 valence electrons. The number of rotatable bonds is 10. The molecule has 1 amide bonds. The number of esters is 1. The van der Waals surface area contributed by atoms with Crippen LogP contribution in [0.1, 0.15) is 18.4 Å². The van der Waals surface area contributed by atoms with Gasteiger partial charge in [-0.1, -0.05) is 18.2 Å². The van der Waals surface area contributed by atoms with Crippen LogP contribution in [0.15, 0.2) is 24.3 Å². The van der Waals surface area contributed by atoms with Crippen molar-refractivity contribution in [1.29, 1.82) is 0 Å². The van der Waals surface area contributed by atoms with Gasteiger partial charge in [0, 0.05) is 38.4 Å². The molecule has 0 unspecified atom stereocenters. The molecule has 0 radical (unpaired) electrons. The highest BCUT2D eigenvalue weighted by molar-refractivity contribution is 5.80. The lowest BCUT2D eigenvalue weighted by molar-refractivity contribution is -0.385. The Kier molecular flexibility index (Phi) is 8.42. The Morgan fingerprint density at radius 3 is 2.54 bits per heavy atom. The van der Waals surface area contributed by atoms with Crippen molar-refractivity contribution >= 4 is 17.6 Å². The normalized spacial score (nSPS) is 10.2. The summed E-state index contributed by atoms with van der Waals surface area (Å²) in [5.41, 5.74) is 0.262. The lowest BCUT2D eigenvalue weighted by atomic mass is 10.1. The van der Waals surface area contributed by atoms with Crippen LogP contribution < -0.4 is 0 Å². The SMILES string of the molecule is COCCCN(CCC(=O)OC)C(=O)Cc1ccccc1[N+](=O)[O-]. The van der Waals surface area contributed by atoms with Crippen LogP contribution in [0, 0.1) is 10.1 Å². The Labute approximate surface area is 140 Å². The van der Waals surface area contributed by atoms with E-state index < -0.39 is 10.9 Å². The van der Waals surface area contributed by atoms with Gasteiger partial charge in [-0.3, -0.25) is 19.7 Å². The third-order valence-electron chi connectivity index (χ3n) is 3.47. The molecular weight excluding hydrogens is 316 g/mol. The van der Waals surface area contributed by atoms with Gasteiger partial charge in [-0.25, -0.2) is 0 Å². The second-order valence-electron chi connectivity index (χ2n) is 5.12. The highest BCUT2D eigenvalue weighted by Gasteiger charge is 2.20. The van der Waals surface area contributed by atoms with Gasteiger partial charge in [0.25, 0.3) is 5.69 Å². The molecule has 0 saturated heterocycles. The van der Waals surface area contributed by atoms with E-state index in [9.17, 15) is 19.7 Å². The second kappa shape index (κ2) is 10.3. The first-order valence-electron chi connectivity index (χ1n) is 7.55. The van der Waals surface area contributed by atoms with E-state index in [2.05, 4.69) is 4.74 Å². The number of ether oxygens (including phenoxy) is 2. The second-order valence-corrected chi connectivity index (χ2v) is 5.12. The van der Waals surface area contributed by atoms with Crippen molar-refractivity contribution in [1.82, 2.24) is 4.90 Å². The molecule has 0 aliphatic heterocycles. The van der Waals surface area contributed by atoms with E-state index in [1.54, 1.807) is 25.3 Å². The maximum atomic E-state index is 12.5. The van der Waals surface area contributed by atoms with E-state index >= 15 is 0 Å². The number of benzene rings is 1. The monoisotopic (exact) mass is 338 g/mol. The summed E-state index contributed by atoms with van der Waals surface area (Å²) in [5, 5.41) is 11.0. The quantitative estimate of drug-likeness (QED) is 0.278. The third-order valence-corrected chi connectivity index (χ3v) is 3.47. The summed E-state index contributed by atoms with van der Waals surface area (Å²) in [6.07, 6.45) is 0.595. The van der Waals surface area contributed by atoms with Gasteiger partial charge in [-0.15, -0.1) is 0 Å². The predicted molar refractivity (Wildman–Crippen MR) is 86.5 cm³/mol. The summed E-state index contributed by atoms with van der Waals surface area (Å²) < 4.78 is 9.55. The van der Waals surface area contributed by atoms with Gasteiger partial charge in [0.1, 0.15) is 0 Å². The molecule has 8 nitrogen and oxygen atoms in total. The van der Waals surface area contributed by atoms with Crippen LogP contribution in [0.2, 0.25) is 0 Å². The topological polar surface area (TPSA) is 99.0 Å². The minimum atomic E-state index is -0.508. The van der Waals surface area contributed by atoms with Crippen LogP contribution in [0.5, 0.6) is 0 Å². The van der Waals surface area contributed by atoms with Gasteiger partial charge in [0.05, 0.1) is 24.9 Å². The highest BCUT2D eigenvalue weighted by Crippen LogP contribution is 2.19. The van der Waals surface area contributed by atoms with E-state index in [0.717, 1.165) is 0 Å². The minimum Gasteiger partial charge on any atom is -0.469 e. The fraction of sp³-hybridized carbons (Fsp3) is 0.500. The van der Waals surface area contributed by atoms with Crippen molar-refractivity contribution in [3.05, 3.63) is 39.9 Å². The van der Waals surface area contributed by atoms with Crippen molar-refractivity contribution in [2.75, 3.05) is 33.9 Å². The third kappa shape index (κ3) is 6.33. The molecule has 0 aromatic heterocycles. The van der Waals surface area contributed by atoms with E-state index in [-0.39, 0.29) is 31.0 Å². The number of nitro benzene ring substituents is 1. The first kappa shape index (κ1) is 19.6. The standard InChI is InChI=1S/C16H22N2O6/c1-23-11-5-9-17(10-8-16(20)24-2)15(19)12-13-6-3-4-7-14(13)18(21)22/h3-4,6-7H,5,8-12H2,1-2H3. The number of nitro groups is 1. The Hall–Kier alpha value is -2.48. The van der Waals surface area contributed by atoms with E-state index in [1.807, 2.05) is 0 Å². The summed E-state index contributed by atoms with van der Waals surface area (Å²) in [6, 6.07) is 6.13. The van der Waals surface area contributed by atoms with Crippen LogP contribution in [-0.2, 0) is 25.5 Å². The highest BCUT2D eigenvalue weighted by atomic mass is 16.6. The lowest BCUT2D eigenvalue weighted by Gasteiger charge is -2.22. The van der Waals surface area contributed by atoms with Crippen molar-refractivity contribution in [2.24, 2.45) is 0 Å². The molecule has 0 N–H and O–H groups in total. The van der Waals surface area contributed by atoms with Gasteiger partial charge in [-0.05, 0) is 6.42 Å². The molecule has 1 rings (SSSR count). The number of carbonyl (C=O) groups excluding carboxylic acids is 2. The van der Waals surface area contributed by atoms with Crippen LogP contribution in [0.25, 0.3) is 0 Å². The van der Waals surface area contributed by atoms with Gasteiger partial charge < -0.3 is 14.4 Å². The lowest BCUT2D eigenvalue weighted by Crippen LogP contribution is -2.35. The number of amides is 1. The van der Waals surface area contributed by atoms with Gasteiger partial charge in [0.15, 0.2) is 0 Å². The average molecular weight is 338 g/mol. The van der Waals surface area contributed by atoms with Gasteiger partial charge in [0.2, 0.25) is 5.91 Å². The number of carbonyl (C=O) groups is 2. The van der Waals surface area contributed by atoms with E-state index in [4.69, 9.17) is 4.74 Å². The fourth-order valence-electron chi connectivity index (χ4n) is 2.20. The molecule has 0 fully saturated rings. The van der Waals surface area contributed by atoms with Crippen LogP contribution >= 0.6 is 0 Å². The van der Waals surface area contributed by atoms with Crippen molar-refractivity contribution in [3.63, 3.8) is 0 Å². The molecule has 0 bridgehead atoms. The summed E-state index contributed by atoms with van der Waals surface area (Å²) in [6.45, 7) is 1.09. The van der Waals surface area contributed by atoms with E-state index in [1.165, 1.54) is 18.1 Å². The molecule has 0 saturated carbocycles. The summed E-state index contributed by atoms with van der Waals surface area (Å²) in [5.74, 6) is -0.686. The maximum absolute atomic E-state index is 12.5. The number of hydrogen-bond acceptors (Lipinski definition) is 6. The molecule has 1 aromatic carbocycles. The fourth-order valence-corrected chi connectivity index (χ4v) is 2.20. The molecule has 0 heterocycles. The summed E-state index contributed by atoms with van der Waals surface area (Å²) in [7, 11) is 2.85. The Balaban J connectivity index is 2.79. The zero-order valence-corrected chi connectivity index (χ0v) is 13.9. The molecule has 0 aliphatic rings. The Morgan fingerprint density at radius 2 is 1.92 bits per heavy atom. The van der Waals surface area contributed by atoms with Gasteiger partial charge >= 0.3 is 5.97 Å². The smallest absolute Gasteiger partial charge is 0.307 e. The van der Waals surface area contributed by atoms with E-state index in [0.29, 0.717) is 25.1 Å². The molecule has 0 aliphatic carbocycles. The van der Waals surface area contributed by atoms with Crippen LogP contribution in [0.4, 0.5) is 5.69 Å². The van der Waals surface area contributed by atoms with Crippen molar-refractivity contribution in [3.8, 4) is 0 Å². The summed E-state index contributed by atoms with van der Waals surface area (Å²) in [4.78, 5) is 35.8. The molecule has 0 spiro atoms. The largest absolute Gasteiger partial charge is 0.469 e. The summed E-state index contributed by atoms with van der Waals surface area (Å²) >= 11 is 0. The molecule has 24 heavy (non-hydrogen) atoms.